The number of rotatable bonds is 71. The van der Waals surface area contributed by atoms with Crippen molar-refractivity contribution in [3.63, 3.8) is 0 Å². The zero-order chi connectivity index (χ0) is 74.6. The third kappa shape index (κ3) is 73.0. The van der Waals surface area contributed by atoms with Gasteiger partial charge in [-0.3, -0.25) is 37.3 Å². The molecule has 0 bridgehead atoms. The van der Waals surface area contributed by atoms with E-state index in [4.69, 9.17) is 37.0 Å². The van der Waals surface area contributed by atoms with Crippen LogP contribution in [-0.4, -0.2) is 96.7 Å². The number of hydrogen-bond acceptors (Lipinski definition) is 15. The summed E-state index contributed by atoms with van der Waals surface area (Å²) in [6, 6.07) is 0. The fraction of sp³-hybridized carbons (Fsp3) is 0.639. The molecular formula is C83H136O17P2. The van der Waals surface area contributed by atoms with Gasteiger partial charge in [0.2, 0.25) is 0 Å². The molecule has 580 valence electrons. The van der Waals surface area contributed by atoms with E-state index in [1.807, 2.05) is 36.5 Å². The number of phosphoric ester groups is 2. The Labute approximate surface area is 617 Å². The van der Waals surface area contributed by atoms with Gasteiger partial charge in [-0.25, -0.2) is 9.13 Å². The first-order valence-corrected chi connectivity index (χ1v) is 41.7. The lowest BCUT2D eigenvalue weighted by Crippen LogP contribution is -2.30. The Morgan fingerprint density at radius 2 is 0.569 bits per heavy atom. The van der Waals surface area contributed by atoms with Crippen LogP contribution in [0, 0.1) is 0 Å². The van der Waals surface area contributed by atoms with Crippen molar-refractivity contribution >= 4 is 39.5 Å². The van der Waals surface area contributed by atoms with E-state index in [2.05, 4.69) is 143 Å². The Kier molecular flexibility index (Phi) is 70.1. The van der Waals surface area contributed by atoms with Gasteiger partial charge in [0.15, 0.2) is 12.2 Å². The van der Waals surface area contributed by atoms with Gasteiger partial charge in [-0.15, -0.1) is 0 Å². The molecule has 3 N–H and O–H groups in total. The summed E-state index contributed by atoms with van der Waals surface area (Å²) in [5.74, 6) is -2.45. The number of carbonyl (C=O) groups excluding carboxylic acids is 4. The summed E-state index contributed by atoms with van der Waals surface area (Å²) in [6.45, 7) is 4.39. The van der Waals surface area contributed by atoms with Crippen molar-refractivity contribution in [2.75, 3.05) is 39.6 Å². The van der Waals surface area contributed by atoms with Crippen molar-refractivity contribution in [2.45, 2.75) is 303 Å². The molecule has 0 amide bonds. The highest BCUT2D eigenvalue weighted by molar-refractivity contribution is 7.47. The zero-order valence-corrected chi connectivity index (χ0v) is 65.0. The van der Waals surface area contributed by atoms with Crippen LogP contribution in [0.25, 0.3) is 0 Å². The second-order valence-corrected chi connectivity index (χ2v) is 28.1. The minimum atomic E-state index is -5.01. The lowest BCUT2D eigenvalue weighted by atomic mass is 10.1. The third-order valence-electron chi connectivity index (χ3n) is 15.5. The van der Waals surface area contributed by atoms with Gasteiger partial charge in [0, 0.05) is 19.3 Å². The fourth-order valence-electron chi connectivity index (χ4n) is 9.66. The van der Waals surface area contributed by atoms with Crippen molar-refractivity contribution in [1.29, 1.82) is 0 Å². The van der Waals surface area contributed by atoms with E-state index in [0.29, 0.717) is 32.1 Å². The number of aliphatic hydroxyl groups is 1. The Bertz CT molecular complexity index is 2550. The van der Waals surface area contributed by atoms with Crippen LogP contribution in [0.2, 0.25) is 0 Å². The van der Waals surface area contributed by atoms with Crippen molar-refractivity contribution in [3.05, 3.63) is 158 Å². The van der Waals surface area contributed by atoms with Crippen LogP contribution in [0.4, 0.5) is 0 Å². The van der Waals surface area contributed by atoms with Crippen LogP contribution in [0.5, 0.6) is 0 Å². The van der Waals surface area contributed by atoms with Crippen LogP contribution in [0.1, 0.15) is 285 Å². The molecule has 0 radical (unpaired) electrons. The largest absolute Gasteiger partial charge is 0.472 e. The van der Waals surface area contributed by atoms with E-state index in [0.717, 1.165) is 135 Å². The minimum Gasteiger partial charge on any atom is -0.462 e. The summed E-state index contributed by atoms with van der Waals surface area (Å²) in [7, 11) is -10.0. The minimum absolute atomic E-state index is 0.0284. The summed E-state index contributed by atoms with van der Waals surface area (Å²) in [5.41, 5.74) is 0. The molecule has 0 spiro atoms. The second-order valence-electron chi connectivity index (χ2n) is 25.2. The molecule has 0 aromatic rings. The smallest absolute Gasteiger partial charge is 0.462 e. The Morgan fingerprint density at radius 3 is 0.922 bits per heavy atom. The summed E-state index contributed by atoms with van der Waals surface area (Å²) >= 11 is 0. The molecule has 0 saturated heterocycles. The van der Waals surface area contributed by atoms with Gasteiger partial charge in [-0.1, -0.05) is 276 Å². The highest BCUT2D eigenvalue weighted by Gasteiger charge is 2.30. The molecule has 19 heteroatoms. The van der Waals surface area contributed by atoms with Gasteiger partial charge in [0.05, 0.1) is 32.8 Å². The van der Waals surface area contributed by atoms with Gasteiger partial charge in [0.25, 0.3) is 0 Å². The molecule has 17 nitrogen and oxygen atoms in total. The number of unbranched alkanes of at least 4 members (excludes halogenated alkanes) is 20. The van der Waals surface area contributed by atoms with Crippen molar-refractivity contribution in [1.82, 2.24) is 0 Å². The maximum atomic E-state index is 13.1. The van der Waals surface area contributed by atoms with Gasteiger partial charge in [-0.2, -0.15) is 0 Å². The quantitative estimate of drug-likeness (QED) is 0.0169. The Hall–Kier alpha value is -5.32. The topological polar surface area (TPSA) is 237 Å². The van der Waals surface area contributed by atoms with Crippen LogP contribution < -0.4 is 0 Å². The van der Waals surface area contributed by atoms with E-state index in [1.165, 1.54) is 64.2 Å². The molecule has 102 heavy (non-hydrogen) atoms. The average Bonchev–Trinajstić information content (AvgIpc) is 0.924. The molecule has 5 atom stereocenters. The van der Waals surface area contributed by atoms with Gasteiger partial charge in [0.1, 0.15) is 19.3 Å². The normalized spacial score (nSPS) is 14.8. The monoisotopic (exact) mass is 1470 g/mol. The molecule has 0 rings (SSSR count). The molecule has 0 aliphatic rings. The third-order valence-corrected chi connectivity index (χ3v) is 17.4. The molecule has 0 aliphatic heterocycles. The van der Waals surface area contributed by atoms with Crippen LogP contribution >= 0.6 is 15.6 Å². The van der Waals surface area contributed by atoms with Gasteiger partial charge < -0.3 is 33.8 Å². The number of ether oxygens (including phenoxy) is 4. The molecule has 0 aliphatic carbocycles. The number of phosphoric acid groups is 2. The van der Waals surface area contributed by atoms with E-state index in [9.17, 15) is 43.2 Å². The molecule has 0 aromatic heterocycles. The first-order chi connectivity index (χ1) is 49.7. The first-order valence-electron chi connectivity index (χ1n) is 38.7. The molecule has 0 aromatic carbocycles. The number of esters is 4. The standard InChI is InChI=1S/C83H136O17P2/c1-5-9-13-17-21-25-29-33-36-37-38-39-42-45-48-52-56-60-64-68-81(86)94-74-79(100-83(88)70-66-62-58-54-50-46-41-35-31-27-23-19-15-11-7-3)76-98-102(91,92)96-72-77(84)71-95-101(89,90)97-75-78(99-82(87)69-65-61-57-53-49-43-32-28-24-20-16-12-8-4)73-93-80(85)67-63-59-55-51-47-44-40-34-30-26-22-18-14-10-6-2/h9-10,13-14,21-22,25-26,28,32-36,38-41,45,47-48,51,56,59-60,63,77-79,84H,5-8,11-12,15-20,23-24,27,29-31,37,42-44,46,49-50,52-55,57-58,61-62,64-76H2,1-4H3,(H,89,90)(H,91,92)/b13-9-,14-10-,25-21-,26-22-,32-28-,36-33-,39-38-,40-34-,41-35-,48-45-,51-47-,60-56-,63-59-. The fourth-order valence-corrected chi connectivity index (χ4v) is 11.2. The zero-order valence-electron chi connectivity index (χ0n) is 63.2. The number of allylic oxidation sites excluding steroid dienone is 25. The van der Waals surface area contributed by atoms with Crippen molar-refractivity contribution < 1.29 is 80.2 Å². The van der Waals surface area contributed by atoms with Crippen LogP contribution in [0.15, 0.2) is 158 Å². The summed E-state index contributed by atoms with van der Waals surface area (Å²) in [4.78, 5) is 72.8. The first kappa shape index (κ1) is 96.7. The molecule has 0 fully saturated rings. The van der Waals surface area contributed by atoms with E-state index in [1.54, 1.807) is 6.08 Å². The van der Waals surface area contributed by atoms with Crippen molar-refractivity contribution in [3.8, 4) is 0 Å². The predicted octanol–water partition coefficient (Wildman–Crippen LogP) is 22.4. The van der Waals surface area contributed by atoms with E-state index in [-0.39, 0.29) is 25.7 Å². The summed E-state index contributed by atoms with van der Waals surface area (Å²) in [6.07, 6.45) is 85.7. The summed E-state index contributed by atoms with van der Waals surface area (Å²) in [5, 5.41) is 10.6. The molecular weight excluding hydrogens is 1330 g/mol. The SMILES string of the molecule is CC/C=C\C/C=C\C/C=C\C/C=C\C/C=C\C/C=C\CCC(=O)OCC(COP(=O)(O)OCC(O)COP(=O)(O)OCC(COC(=O)C/C=C\C/C=C\C/C=C\C/C=C\C/C=C\CC)OC(=O)CCCCCCC/C=C\CCCCCC)OC(=O)CCCCCCC/C=C\CCCCCCCC. The highest BCUT2D eigenvalue weighted by Crippen LogP contribution is 2.45. The number of hydrogen-bond donors (Lipinski definition) is 3. The van der Waals surface area contributed by atoms with Crippen molar-refractivity contribution in [2.24, 2.45) is 0 Å². The van der Waals surface area contributed by atoms with Gasteiger partial charge in [-0.05, 0) is 141 Å². The van der Waals surface area contributed by atoms with E-state index < -0.39 is 97.5 Å². The molecule has 0 saturated carbocycles. The maximum absolute atomic E-state index is 13.1. The number of carbonyl (C=O) groups is 4. The lowest BCUT2D eigenvalue weighted by molar-refractivity contribution is -0.161. The summed E-state index contributed by atoms with van der Waals surface area (Å²) < 4.78 is 68.3. The predicted molar refractivity (Wildman–Crippen MR) is 417 cm³/mol. The average molecular weight is 1470 g/mol. The second kappa shape index (κ2) is 74.0. The lowest BCUT2D eigenvalue weighted by Gasteiger charge is -2.21. The molecule has 0 heterocycles. The van der Waals surface area contributed by atoms with E-state index >= 15 is 0 Å². The number of aliphatic hydroxyl groups excluding tert-OH is 1. The van der Waals surface area contributed by atoms with Gasteiger partial charge >= 0.3 is 39.5 Å². The molecule has 5 unspecified atom stereocenters. The Morgan fingerprint density at radius 1 is 0.294 bits per heavy atom. The highest BCUT2D eigenvalue weighted by atomic mass is 31.2. The van der Waals surface area contributed by atoms with Crippen LogP contribution in [0.3, 0.4) is 0 Å². The van der Waals surface area contributed by atoms with Crippen LogP contribution in [-0.2, 0) is 65.4 Å². The maximum Gasteiger partial charge on any atom is 0.472 e. The Balaban J connectivity index is 5.50.